The van der Waals surface area contributed by atoms with Crippen molar-refractivity contribution >= 4 is 23.1 Å². The number of carbonyl (C=O) groups is 1. The Morgan fingerprint density at radius 1 is 1.11 bits per heavy atom. The molecule has 1 aliphatic heterocycles. The van der Waals surface area contributed by atoms with Crippen LogP contribution in [0.2, 0.25) is 0 Å². The van der Waals surface area contributed by atoms with Gasteiger partial charge in [0.1, 0.15) is 10.8 Å². The standard InChI is InChI=1S/C21H23N5OS/c1-15-5-2-3-6-17(15)21-24-13-16(28-21)14-25-9-11-26(12-10-25)20-18(19(22)27)7-4-8-23-20/h2-8,13H,9-12,14H2,1H3,(H2,22,27). The van der Waals surface area contributed by atoms with E-state index in [1.54, 1.807) is 29.7 Å². The lowest BCUT2D eigenvalue weighted by Gasteiger charge is -2.35. The minimum atomic E-state index is -0.432. The Hall–Kier alpha value is -2.77. The predicted octanol–water partition coefficient (Wildman–Crippen LogP) is 2.93. The van der Waals surface area contributed by atoms with Crippen LogP contribution in [0.15, 0.2) is 48.8 Å². The van der Waals surface area contributed by atoms with E-state index >= 15 is 0 Å². The van der Waals surface area contributed by atoms with Crippen LogP contribution in [0.5, 0.6) is 0 Å². The van der Waals surface area contributed by atoms with Gasteiger partial charge >= 0.3 is 0 Å². The van der Waals surface area contributed by atoms with Gasteiger partial charge in [0.25, 0.3) is 5.91 Å². The Labute approximate surface area is 168 Å². The van der Waals surface area contributed by atoms with Crippen LogP contribution in [0.1, 0.15) is 20.8 Å². The number of thiazole rings is 1. The number of hydrogen-bond acceptors (Lipinski definition) is 6. The number of hydrogen-bond donors (Lipinski definition) is 1. The average Bonchev–Trinajstić information content (AvgIpc) is 3.17. The summed E-state index contributed by atoms with van der Waals surface area (Å²) in [6.07, 6.45) is 3.70. The third-order valence-corrected chi connectivity index (χ3v) is 6.05. The molecule has 3 heterocycles. The van der Waals surface area contributed by atoms with Crippen LogP contribution in [0.25, 0.3) is 10.6 Å². The molecule has 0 unspecified atom stereocenters. The molecule has 2 N–H and O–H groups in total. The molecule has 28 heavy (non-hydrogen) atoms. The zero-order chi connectivity index (χ0) is 19.5. The average molecular weight is 394 g/mol. The number of pyridine rings is 1. The van der Waals surface area contributed by atoms with E-state index in [9.17, 15) is 4.79 Å². The van der Waals surface area contributed by atoms with Gasteiger partial charge in [0.2, 0.25) is 0 Å². The van der Waals surface area contributed by atoms with Gasteiger partial charge in [-0.25, -0.2) is 9.97 Å². The van der Waals surface area contributed by atoms with E-state index < -0.39 is 5.91 Å². The van der Waals surface area contributed by atoms with Crippen LogP contribution in [0.3, 0.4) is 0 Å². The first-order valence-electron chi connectivity index (χ1n) is 9.34. The lowest BCUT2D eigenvalue weighted by atomic mass is 10.1. The fourth-order valence-corrected chi connectivity index (χ4v) is 4.54. The Morgan fingerprint density at radius 2 is 1.89 bits per heavy atom. The lowest BCUT2D eigenvalue weighted by Crippen LogP contribution is -2.46. The first kappa shape index (κ1) is 18.6. The summed E-state index contributed by atoms with van der Waals surface area (Å²) in [5, 5.41) is 1.08. The van der Waals surface area contributed by atoms with Crippen molar-refractivity contribution in [2.75, 3.05) is 31.1 Å². The molecule has 0 radical (unpaired) electrons. The van der Waals surface area contributed by atoms with E-state index in [1.165, 1.54) is 16.0 Å². The summed E-state index contributed by atoms with van der Waals surface area (Å²) in [5.74, 6) is 0.258. The molecule has 1 amide bonds. The second-order valence-corrected chi connectivity index (χ2v) is 8.06. The van der Waals surface area contributed by atoms with Crippen LogP contribution in [-0.4, -0.2) is 47.0 Å². The number of nitrogens with two attached hydrogens (primary N) is 1. The highest BCUT2D eigenvalue weighted by Crippen LogP contribution is 2.28. The van der Waals surface area contributed by atoms with Crippen LogP contribution in [0.4, 0.5) is 5.82 Å². The third kappa shape index (κ3) is 3.90. The quantitative estimate of drug-likeness (QED) is 0.721. The second-order valence-electron chi connectivity index (χ2n) is 6.95. The van der Waals surface area contributed by atoms with Crippen molar-refractivity contribution in [2.45, 2.75) is 13.5 Å². The fourth-order valence-electron chi connectivity index (χ4n) is 3.50. The molecule has 7 heteroatoms. The molecule has 0 bridgehead atoms. The number of rotatable bonds is 5. The first-order chi connectivity index (χ1) is 13.6. The molecule has 1 aromatic carbocycles. The molecule has 1 aliphatic rings. The van der Waals surface area contributed by atoms with Crippen molar-refractivity contribution in [2.24, 2.45) is 5.73 Å². The molecule has 0 atom stereocenters. The lowest BCUT2D eigenvalue weighted by molar-refractivity contribution is 0.1000. The monoisotopic (exact) mass is 393 g/mol. The second kappa shape index (κ2) is 8.08. The normalized spacial score (nSPS) is 15.0. The van der Waals surface area contributed by atoms with E-state index in [2.05, 4.69) is 51.0 Å². The van der Waals surface area contributed by atoms with Crippen molar-refractivity contribution in [3.05, 3.63) is 64.8 Å². The Bertz CT molecular complexity index is 978. The molecule has 2 aromatic heterocycles. The van der Waals surface area contributed by atoms with Crippen LogP contribution in [-0.2, 0) is 6.54 Å². The van der Waals surface area contributed by atoms with Gasteiger partial charge in [-0.05, 0) is 24.6 Å². The molecule has 3 aromatic rings. The molecule has 0 aliphatic carbocycles. The van der Waals surface area contributed by atoms with Gasteiger partial charge < -0.3 is 10.6 Å². The summed E-state index contributed by atoms with van der Waals surface area (Å²) in [6, 6.07) is 11.8. The predicted molar refractivity (Wildman–Crippen MR) is 113 cm³/mol. The molecule has 6 nitrogen and oxygen atoms in total. The zero-order valence-electron chi connectivity index (χ0n) is 15.8. The van der Waals surface area contributed by atoms with Gasteiger partial charge in [-0.2, -0.15) is 0 Å². The van der Waals surface area contributed by atoms with Crippen LogP contribution in [0, 0.1) is 6.92 Å². The highest BCUT2D eigenvalue weighted by molar-refractivity contribution is 7.15. The summed E-state index contributed by atoms with van der Waals surface area (Å²) in [6.45, 7) is 6.47. The largest absolute Gasteiger partial charge is 0.365 e. The molecule has 4 rings (SSSR count). The molecule has 0 spiro atoms. The number of aryl methyl sites for hydroxylation is 1. The Kier molecular flexibility index (Phi) is 5.36. The maximum atomic E-state index is 11.7. The number of amides is 1. The van der Waals surface area contributed by atoms with Gasteiger partial charge in [0.05, 0.1) is 5.56 Å². The minimum Gasteiger partial charge on any atom is -0.365 e. The van der Waals surface area contributed by atoms with E-state index in [4.69, 9.17) is 5.73 Å². The van der Waals surface area contributed by atoms with Crippen LogP contribution < -0.4 is 10.6 Å². The van der Waals surface area contributed by atoms with Crippen molar-refractivity contribution in [3.8, 4) is 10.6 Å². The number of primary amides is 1. The van der Waals surface area contributed by atoms with Crippen LogP contribution >= 0.6 is 11.3 Å². The maximum Gasteiger partial charge on any atom is 0.252 e. The summed E-state index contributed by atoms with van der Waals surface area (Å²) in [7, 11) is 0. The number of benzene rings is 1. The first-order valence-corrected chi connectivity index (χ1v) is 10.2. The highest BCUT2D eigenvalue weighted by Gasteiger charge is 2.22. The maximum absolute atomic E-state index is 11.7. The summed E-state index contributed by atoms with van der Waals surface area (Å²) >= 11 is 1.76. The Balaban J connectivity index is 1.39. The van der Waals surface area contributed by atoms with Gasteiger partial charge in [-0.15, -0.1) is 11.3 Å². The highest BCUT2D eigenvalue weighted by atomic mass is 32.1. The Morgan fingerprint density at radius 3 is 2.64 bits per heavy atom. The third-order valence-electron chi connectivity index (χ3n) is 5.03. The summed E-state index contributed by atoms with van der Waals surface area (Å²) < 4.78 is 0. The molecular weight excluding hydrogens is 370 g/mol. The van der Waals surface area contributed by atoms with Gasteiger partial charge in [0, 0.05) is 55.6 Å². The minimum absolute atomic E-state index is 0.432. The van der Waals surface area contributed by atoms with E-state index in [0.29, 0.717) is 11.4 Å². The van der Waals surface area contributed by atoms with E-state index in [-0.39, 0.29) is 0 Å². The van der Waals surface area contributed by atoms with Crippen molar-refractivity contribution in [1.82, 2.24) is 14.9 Å². The fraction of sp³-hybridized carbons (Fsp3) is 0.286. The van der Waals surface area contributed by atoms with Gasteiger partial charge in [0.15, 0.2) is 0 Å². The molecule has 1 saturated heterocycles. The number of carbonyl (C=O) groups excluding carboxylic acids is 1. The summed E-state index contributed by atoms with van der Waals surface area (Å²) in [4.78, 5) is 26.5. The summed E-state index contributed by atoms with van der Waals surface area (Å²) in [5.41, 5.74) is 8.43. The number of aromatic nitrogens is 2. The molecular formula is C21H23N5OS. The van der Waals surface area contributed by atoms with E-state index in [0.717, 1.165) is 37.7 Å². The van der Waals surface area contributed by atoms with Crippen molar-refractivity contribution in [3.63, 3.8) is 0 Å². The zero-order valence-corrected chi connectivity index (χ0v) is 16.7. The van der Waals surface area contributed by atoms with Crippen molar-refractivity contribution in [1.29, 1.82) is 0 Å². The van der Waals surface area contributed by atoms with Gasteiger partial charge in [-0.3, -0.25) is 9.69 Å². The van der Waals surface area contributed by atoms with E-state index in [1.807, 2.05) is 6.20 Å². The smallest absolute Gasteiger partial charge is 0.252 e. The SMILES string of the molecule is Cc1ccccc1-c1ncc(CN2CCN(c3ncccc3C(N)=O)CC2)s1. The molecule has 0 saturated carbocycles. The number of anilines is 1. The molecule has 1 fully saturated rings. The molecule has 144 valence electrons. The topological polar surface area (TPSA) is 75.3 Å². The number of nitrogens with zero attached hydrogens (tertiary/aromatic N) is 4. The number of piperazine rings is 1. The van der Waals surface area contributed by atoms with Crippen molar-refractivity contribution < 1.29 is 4.79 Å². The van der Waals surface area contributed by atoms with Gasteiger partial charge in [-0.1, -0.05) is 24.3 Å².